The van der Waals surface area contributed by atoms with Crippen LogP contribution in [0, 0.1) is 0 Å². The molecule has 0 bridgehead atoms. The first-order valence-electron chi connectivity index (χ1n) is 8.54. The van der Waals surface area contributed by atoms with Gasteiger partial charge in [-0.1, -0.05) is 48.5 Å². The number of carbonyl (C=O) groups is 1. The van der Waals surface area contributed by atoms with Crippen LogP contribution in [0.2, 0.25) is 0 Å². The van der Waals surface area contributed by atoms with E-state index in [2.05, 4.69) is 4.72 Å². The predicted octanol–water partition coefficient (Wildman–Crippen LogP) is 3.19. The van der Waals surface area contributed by atoms with Crippen LogP contribution in [0.5, 0.6) is 5.75 Å². The minimum absolute atomic E-state index is 0.0594. The molecule has 0 spiro atoms. The highest BCUT2D eigenvalue weighted by molar-refractivity contribution is 7.92. The monoisotopic (exact) mass is 396 g/mol. The number of sulfonamides is 1. The van der Waals surface area contributed by atoms with Crippen LogP contribution in [0.25, 0.3) is 0 Å². The minimum Gasteiger partial charge on any atom is -0.496 e. The summed E-state index contributed by atoms with van der Waals surface area (Å²) >= 11 is 0. The zero-order valence-electron chi connectivity index (χ0n) is 15.3. The molecule has 144 valence electrons. The quantitative estimate of drug-likeness (QED) is 0.641. The van der Waals surface area contributed by atoms with Crippen molar-refractivity contribution in [1.82, 2.24) is 0 Å². The normalized spacial score (nSPS) is 11.0. The molecule has 28 heavy (non-hydrogen) atoms. The number of hydrogen-bond acceptors (Lipinski definition) is 4. The zero-order valence-corrected chi connectivity index (χ0v) is 16.1. The Hall–Kier alpha value is -3.32. The van der Waals surface area contributed by atoms with Crippen molar-refractivity contribution in [1.29, 1.82) is 0 Å². The molecular formula is C21H20N2O4S. The summed E-state index contributed by atoms with van der Waals surface area (Å²) < 4.78 is 34.2. The van der Waals surface area contributed by atoms with Gasteiger partial charge in [0.1, 0.15) is 10.6 Å². The summed E-state index contributed by atoms with van der Waals surface area (Å²) in [7, 11) is -2.50. The molecule has 0 atom stereocenters. The van der Waals surface area contributed by atoms with E-state index in [0.717, 1.165) is 5.56 Å². The van der Waals surface area contributed by atoms with Gasteiger partial charge in [0.2, 0.25) is 5.91 Å². The highest BCUT2D eigenvalue weighted by atomic mass is 32.2. The van der Waals surface area contributed by atoms with Crippen molar-refractivity contribution in [2.45, 2.75) is 11.3 Å². The van der Waals surface area contributed by atoms with Crippen molar-refractivity contribution >= 4 is 21.6 Å². The van der Waals surface area contributed by atoms with E-state index in [-0.39, 0.29) is 16.9 Å². The second-order valence-electron chi connectivity index (χ2n) is 6.12. The number of ether oxygens (including phenoxy) is 1. The zero-order chi connectivity index (χ0) is 20.1. The lowest BCUT2D eigenvalue weighted by atomic mass is 10.0. The van der Waals surface area contributed by atoms with Crippen LogP contribution in [-0.2, 0) is 16.4 Å². The van der Waals surface area contributed by atoms with Crippen molar-refractivity contribution < 1.29 is 17.9 Å². The molecule has 1 amide bonds. The van der Waals surface area contributed by atoms with Gasteiger partial charge in [-0.15, -0.1) is 0 Å². The van der Waals surface area contributed by atoms with Gasteiger partial charge >= 0.3 is 0 Å². The second-order valence-corrected chi connectivity index (χ2v) is 7.74. The van der Waals surface area contributed by atoms with Gasteiger partial charge < -0.3 is 10.5 Å². The van der Waals surface area contributed by atoms with Gasteiger partial charge in [0.05, 0.1) is 12.7 Å². The Morgan fingerprint density at radius 3 is 2.25 bits per heavy atom. The molecule has 0 aliphatic heterocycles. The van der Waals surface area contributed by atoms with E-state index in [1.54, 1.807) is 55.6 Å². The number of anilines is 1. The molecule has 7 heteroatoms. The largest absolute Gasteiger partial charge is 0.496 e. The Balaban J connectivity index is 2.12. The first-order valence-corrected chi connectivity index (χ1v) is 10.0. The van der Waals surface area contributed by atoms with E-state index >= 15 is 0 Å². The maximum Gasteiger partial charge on any atom is 0.262 e. The fourth-order valence-electron chi connectivity index (χ4n) is 3.00. The van der Waals surface area contributed by atoms with Gasteiger partial charge in [0.15, 0.2) is 0 Å². The Morgan fingerprint density at radius 2 is 1.57 bits per heavy atom. The SMILES string of the molecule is COc1ccccc1Cc1cccc(C(N)=O)c1S(=O)(=O)Nc1ccccc1. The summed E-state index contributed by atoms with van der Waals surface area (Å²) in [5.74, 6) is -0.179. The number of carbonyl (C=O) groups excluding carboxylic acids is 1. The Bertz CT molecular complexity index is 1100. The topological polar surface area (TPSA) is 98.5 Å². The second kappa shape index (κ2) is 8.14. The highest BCUT2D eigenvalue weighted by Gasteiger charge is 2.25. The van der Waals surface area contributed by atoms with Gasteiger partial charge in [-0.2, -0.15) is 0 Å². The number of nitrogens with one attached hydrogen (secondary N) is 1. The lowest BCUT2D eigenvalue weighted by Gasteiger charge is -2.16. The average molecular weight is 396 g/mol. The summed E-state index contributed by atoms with van der Waals surface area (Å²) in [4.78, 5) is 11.8. The number of amides is 1. The lowest BCUT2D eigenvalue weighted by molar-refractivity contribution is 0.0997. The number of para-hydroxylation sites is 2. The summed E-state index contributed by atoms with van der Waals surface area (Å²) in [5, 5.41) is 0. The van der Waals surface area contributed by atoms with Crippen molar-refractivity contribution in [2.75, 3.05) is 11.8 Å². The van der Waals surface area contributed by atoms with Crippen LogP contribution in [-0.4, -0.2) is 21.4 Å². The van der Waals surface area contributed by atoms with Crippen LogP contribution in [0.3, 0.4) is 0 Å². The summed E-state index contributed by atoms with van der Waals surface area (Å²) in [5.41, 5.74) is 7.04. The number of rotatable bonds is 7. The van der Waals surface area contributed by atoms with E-state index in [4.69, 9.17) is 10.5 Å². The van der Waals surface area contributed by atoms with Crippen LogP contribution < -0.4 is 15.2 Å². The van der Waals surface area contributed by atoms with E-state index < -0.39 is 15.9 Å². The number of benzene rings is 3. The molecule has 3 N–H and O–H groups in total. The van der Waals surface area contributed by atoms with Gasteiger partial charge in [0.25, 0.3) is 10.0 Å². The maximum absolute atomic E-state index is 13.1. The van der Waals surface area contributed by atoms with E-state index in [1.165, 1.54) is 6.07 Å². The summed E-state index contributed by atoms with van der Waals surface area (Å²) in [6.45, 7) is 0. The standard InChI is InChI=1S/C21H20N2O4S/c1-27-19-13-6-5-8-15(19)14-16-9-7-12-18(21(22)24)20(16)28(25,26)23-17-10-3-2-4-11-17/h2-13,23H,14H2,1H3,(H2,22,24). The first-order chi connectivity index (χ1) is 13.4. The predicted molar refractivity (Wildman–Crippen MR) is 108 cm³/mol. The van der Waals surface area contributed by atoms with Crippen molar-refractivity contribution in [2.24, 2.45) is 5.73 Å². The first kappa shape index (κ1) is 19.4. The van der Waals surface area contributed by atoms with Gasteiger partial charge in [-0.3, -0.25) is 9.52 Å². The third kappa shape index (κ3) is 4.15. The molecule has 3 aromatic rings. The average Bonchev–Trinajstić information content (AvgIpc) is 2.68. The van der Waals surface area contributed by atoms with Crippen molar-refractivity contribution in [3.63, 3.8) is 0 Å². The summed E-state index contributed by atoms with van der Waals surface area (Å²) in [6.07, 6.45) is 0.260. The number of hydrogen-bond donors (Lipinski definition) is 2. The molecule has 0 unspecified atom stereocenters. The van der Waals surface area contributed by atoms with E-state index in [0.29, 0.717) is 17.0 Å². The number of primary amides is 1. The lowest BCUT2D eigenvalue weighted by Crippen LogP contribution is -2.22. The van der Waals surface area contributed by atoms with Crippen LogP contribution in [0.1, 0.15) is 21.5 Å². The molecule has 0 fully saturated rings. The molecule has 0 saturated heterocycles. The molecule has 3 rings (SSSR count). The smallest absolute Gasteiger partial charge is 0.262 e. The highest BCUT2D eigenvalue weighted by Crippen LogP contribution is 2.28. The van der Waals surface area contributed by atoms with E-state index in [1.807, 2.05) is 18.2 Å². The van der Waals surface area contributed by atoms with E-state index in [9.17, 15) is 13.2 Å². The molecule has 0 heterocycles. The van der Waals surface area contributed by atoms with Crippen LogP contribution in [0.15, 0.2) is 77.7 Å². The molecule has 0 aromatic heterocycles. The minimum atomic E-state index is -4.05. The van der Waals surface area contributed by atoms with Crippen molar-refractivity contribution in [3.05, 3.63) is 89.5 Å². The molecule has 3 aromatic carbocycles. The Labute approximate surface area is 164 Å². The molecule has 0 saturated carbocycles. The van der Waals surface area contributed by atoms with Crippen molar-refractivity contribution in [3.8, 4) is 5.75 Å². The maximum atomic E-state index is 13.1. The third-order valence-corrected chi connectivity index (χ3v) is 5.75. The fraction of sp³-hybridized carbons (Fsp3) is 0.0952. The number of nitrogens with two attached hydrogens (primary N) is 1. The van der Waals surface area contributed by atoms with Crippen LogP contribution in [0.4, 0.5) is 5.69 Å². The van der Waals surface area contributed by atoms with Gasteiger partial charge in [0, 0.05) is 12.1 Å². The summed E-state index contributed by atoms with van der Waals surface area (Å²) in [6, 6.07) is 20.5. The van der Waals surface area contributed by atoms with Gasteiger partial charge in [-0.25, -0.2) is 8.42 Å². The Kier molecular flexibility index (Phi) is 5.65. The van der Waals surface area contributed by atoms with Gasteiger partial charge in [-0.05, 0) is 35.4 Å². The fourth-order valence-corrected chi connectivity index (χ4v) is 4.49. The molecular weight excluding hydrogens is 376 g/mol. The van der Waals surface area contributed by atoms with Crippen LogP contribution >= 0.6 is 0 Å². The molecule has 0 radical (unpaired) electrons. The Morgan fingerprint density at radius 1 is 0.929 bits per heavy atom. The third-order valence-electron chi connectivity index (χ3n) is 4.23. The number of methoxy groups -OCH3 is 1. The molecule has 0 aliphatic carbocycles. The molecule has 6 nitrogen and oxygen atoms in total. The molecule has 0 aliphatic rings.